The van der Waals surface area contributed by atoms with Crippen molar-refractivity contribution in [1.29, 1.82) is 0 Å². The van der Waals surface area contributed by atoms with E-state index in [4.69, 9.17) is 10.2 Å². The third-order valence-electron chi connectivity index (χ3n) is 2.59. The Morgan fingerprint density at radius 3 is 2.61 bits per heavy atom. The molecule has 0 bridgehead atoms. The Kier molecular flexibility index (Phi) is 3.94. The summed E-state index contributed by atoms with van der Waals surface area (Å²) in [6, 6.07) is 2.06. The van der Waals surface area contributed by atoms with Gasteiger partial charge in [0.2, 0.25) is 5.95 Å². The molecule has 96 valence electrons. The Balaban J connectivity index is 2.00. The normalized spacial score (nSPS) is 12.4. The molecule has 0 aliphatic carbocycles. The minimum atomic E-state index is 0.128. The van der Waals surface area contributed by atoms with E-state index in [-0.39, 0.29) is 6.04 Å². The maximum Gasteiger partial charge on any atom is 0.225 e. The maximum absolute atomic E-state index is 5.74. The number of hydrogen-bond acceptors (Lipinski definition) is 5. The van der Waals surface area contributed by atoms with Gasteiger partial charge in [0.1, 0.15) is 0 Å². The first-order valence-electron chi connectivity index (χ1n) is 5.94. The molecule has 1 atom stereocenters. The molecule has 0 amide bonds. The van der Waals surface area contributed by atoms with Gasteiger partial charge in [0, 0.05) is 37.6 Å². The van der Waals surface area contributed by atoms with Crippen molar-refractivity contribution in [1.82, 2.24) is 9.97 Å². The molecule has 2 N–H and O–H groups in total. The highest BCUT2D eigenvalue weighted by Gasteiger charge is 2.06. The Hall–Kier alpha value is -1.88. The lowest BCUT2D eigenvalue weighted by Gasteiger charge is -2.16. The first-order valence-corrected chi connectivity index (χ1v) is 5.94. The molecule has 2 rings (SSSR count). The highest BCUT2D eigenvalue weighted by atomic mass is 16.3. The van der Waals surface area contributed by atoms with Crippen LogP contribution in [-0.2, 0) is 13.0 Å². The van der Waals surface area contributed by atoms with E-state index in [0.717, 1.165) is 24.1 Å². The summed E-state index contributed by atoms with van der Waals surface area (Å²) >= 11 is 0. The molecule has 1 unspecified atom stereocenters. The largest absolute Gasteiger partial charge is 0.472 e. The second kappa shape index (κ2) is 5.64. The summed E-state index contributed by atoms with van der Waals surface area (Å²) in [5, 5.41) is 0. The van der Waals surface area contributed by atoms with Gasteiger partial charge in [-0.3, -0.25) is 0 Å². The van der Waals surface area contributed by atoms with E-state index in [2.05, 4.69) is 9.97 Å². The molecule has 18 heavy (non-hydrogen) atoms. The van der Waals surface area contributed by atoms with Crippen LogP contribution >= 0.6 is 0 Å². The van der Waals surface area contributed by atoms with Gasteiger partial charge in [-0.15, -0.1) is 0 Å². The highest BCUT2D eigenvalue weighted by molar-refractivity contribution is 5.30. The van der Waals surface area contributed by atoms with E-state index in [9.17, 15) is 0 Å². The summed E-state index contributed by atoms with van der Waals surface area (Å²) in [4.78, 5) is 10.7. The Labute approximate surface area is 107 Å². The molecule has 5 nitrogen and oxygen atoms in total. The highest BCUT2D eigenvalue weighted by Crippen LogP contribution is 2.11. The van der Waals surface area contributed by atoms with Crippen LogP contribution in [0.3, 0.4) is 0 Å². The van der Waals surface area contributed by atoms with Gasteiger partial charge in [-0.25, -0.2) is 9.97 Å². The minimum absolute atomic E-state index is 0.128. The molecule has 0 saturated carbocycles. The number of hydrogen-bond donors (Lipinski definition) is 1. The van der Waals surface area contributed by atoms with E-state index in [1.165, 1.54) is 0 Å². The SMILES string of the molecule is CC(N)Cc1cnc(N(C)Cc2ccoc2)nc1. The van der Waals surface area contributed by atoms with Gasteiger partial charge >= 0.3 is 0 Å². The van der Waals surface area contributed by atoms with Crippen molar-refractivity contribution in [2.24, 2.45) is 5.73 Å². The Morgan fingerprint density at radius 2 is 2.06 bits per heavy atom. The van der Waals surface area contributed by atoms with E-state index in [1.807, 2.05) is 37.3 Å². The predicted octanol–water partition coefficient (Wildman–Crippen LogP) is 1.60. The molecular weight excluding hydrogens is 228 g/mol. The van der Waals surface area contributed by atoms with E-state index in [0.29, 0.717) is 5.95 Å². The number of furan rings is 1. The van der Waals surface area contributed by atoms with Crippen LogP contribution in [0.1, 0.15) is 18.1 Å². The Bertz CT molecular complexity index is 464. The van der Waals surface area contributed by atoms with E-state index >= 15 is 0 Å². The average Bonchev–Trinajstić information content (AvgIpc) is 2.82. The first-order chi connectivity index (χ1) is 8.65. The molecule has 0 fully saturated rings. The predicted molar refractivity (Wildman–Crippen MR) is 70.2 cm³/mol. The molecule has 2 heterocycles. The van der Waals surface area contributed by atoms with Crippen molar-refractivity contribution in [3.8, 4) is 0 Å². The van der Waals surface area contributed by atoms with E-state index in [1.54, 1.807) is 12.5 Å². The first kappa shape index (κ1) is 12.6. The van der Waals surface area contributed by atoms with Gasteiger partial charge in [-0.05, 0) is 25.0 Å². The molecule has 0 aromatic carbocycles. The summed E-state index contributed by atoms with van der Waals surface area (Å²) in [5.74, 6) is 0.699. The van der Waals surface area contributed by atoms with Gasteiger partial charge in [0.05, 0.1) is 12.5 Å². The molecule has 5 heteroatoms. The van der Waals surface area contributed by atoms with Crippen molar-refractivity contribution in [3.63, 3.8) is 0 Å². The van der Waals surface area contributed by atoms with Crippen molar-refractivity contribution in [2.45, 2.75) is 25.9 Å². The molecule has 0 spiro atoms. The van der Waals surface area contributed by atoms with Gasteiger partial charge < -0.3 is 15.1 Å². The maximum atomic E-state index is 5.74. The number of anilines is 1. The topological polar surface area (TPSA) is 68.2 Å². The summed E-state index contributed by atoms with van der Waals surface area (Å²) in [7, 11) is 1.95. The molecule has 0 radical (unpaired) electrons. The van der Waals surface area contributed by atoms with Crippen LogP contribution in [0.4, 0.5) is 5.95 Å². The fourth-order valence-corrected chi connectivity index (χ4v) is 1.75. The third-order valence-corrected chi connectivity index (χ3v) is 2.59. The standard InChI is InChI=1S/C13H18N4O/c1-10(14)5-12-6-15-13(16-7-12)17(2)8-11-3-4-18-9-11/h3-4,6-7,9-10H,5,8,14H2,1-2H3. The second-order valence-electron chi connectivity index (χ2n) is 4.56. The fourth-order valence-electron chi connectivity index (χ4n) is 1.75. The summed E-state index contributed by atoms with van der Waals surface area (Å²) in [5.41, 5.74) is 7.89. The zero-order valence-corrected chi connectivity index (χ0v) is 10.7. The molecule has 0 aliphatic rings. The van der Waals surface area contributed by atoms with Gasteiger partial charge in [0.25, 0.3) is 0 Å². The zero-order valence-electron chi connectivity index (χ0n) is 10.7. The van der Waals surface area contributed by atoms with Gasteiger partial charge in [-0.2, -0.15) is 0 Å². The number of aromatic nitrogens is 2. The molecule has 2 aromatic heterocycles. The van der Waals surface area contributed by atoms with Crippen molar-refractivity contribution in [2.75, 3.05) is 11.9 Å². The molecular formula is C13H18N4O. The molecule has 0 saturated heterocycles. The monoisotopic (exact) mass is 246 g/mol. The summed E-state index contributed by atoms with van der Waals surface area (Å²) < 4.78 is 5.03. The third kappa shape index (κ3) is 3.30. The van der Waals surface area contributed by atoms with Crippen LogP contribution in [0.5, 0.6) is 0 Å². The molecule has 2 aromatic rings. The lowest BCUT2D eigenvalue weighted by Crippen LogP contribution is -2.20. The quantitative estimate of drug-likeness (QED) is 0.867. The smallest absolute Gasteiger partial charge is 0.225 e. The number of rotatable bonds is 5. The van der Waals surface area contributed by atoms with Crippen LogP contribution in [-0.4, -0.2) is 23.1 Å². The van der Waals surface area contributed by atoms with E-state index < -0.39 is 0 Å². The Morgan fingerprint density at radius 1 is 1.33 bits per heavy atom. The number of nitrogens with two attached hydrogens (primary N) is 1. The van der Waals surface area contributed by atoms with Crippen molar-refractivity contribution < 1.29 is 4.42 Å². The van der Waals surface area contributed by atoms with Crippen molar-refractivity contribution in [3.05, 3.63) is 42.1 Å². The van der Waals surface area contributed by atoms with Crippen molar-refractivity contribution >= 4 is 5.95 Å². The average molecular weight is 246 g/mol. The lowest BCUT2D eigenvalue weighted by atomic mass is 10.1. The van der Waals surface area contributed by atoms with Gasteiger partial charge in [0.15, 0.2) is 0 Å². The minimum Gasteiger partial charge on any atom is -0.472 e. The molecule has 0 aliphatic heterocycles. The lowest BCUT2D eigenvalue weighted by molar-refractivity contribution is 0.563. The summed E-state index contributed by atoms with van der Waals surface area (Å²) in [6.45, 7) is 2.70. The fraction of sp³-hybridized carbons (Fsp3) is 0.385. The van der Waals surface area contributed by atoms with Crippen LogP contribution in [0.15, 0.2) is 35.4 Å². The number of nitrogens with zero attached hydrogens (tertiary/aromatic N) is 3. The van der Waals surface area contributed by atoms with Crippen LogP contribution in [0.2, 0.25) is 0 Å². The van der Waals surface area contributed by atoms with Crippen LogP contribution < -0.4 is 10.6 Å². The van der Waals surface area contributed by atoms with Gasteiger partial charge in [-0.1, -0.05) is 0 Å². The van der Waals surface area contributed by atoms with Crippen LogP contribution in [0.25, 0.3) is 0 Å². The second-order valence-corrected chi connectivity index (χ2v) is 4.56. The van der Waals surface area contributed by atoms with Crippen LogP contribution in [0, 0.1) is 0 Å². The summed E-state index contributed by atoms with van der Waals surface area (Å²) in [6.07, 6.45) is 7.84. The zero-order chi connectivity index (χ0) is 13.0.